The smallest absolute Gasteiger partial charge is 0.138 e. The Morgan fingerprint density at radius 1 is 1.40 bits per heavy atom. The lowest BCUT2D eigenvalue weighted by Gasteiger charge is -2.36. The van der Waals surface area contributed by atoms with E-state index in [0.717, 1.165) is 24.6 Å². The average Bonchev–Trinajstić information content (AvgIpc) is 2.42. The molecule has 3 heteroatoms. The van der Waals surface area contributed by atoms with Crippen molar-refractivity contribution >= 4 is 0 Å². The van der Waals surface area contributed by atoms with E-state index in [1.807, 2.05) is 6.07 Å². The van der Waals surface area contributed by atoms with Gasteiger partial charge in [0.2, 0.25) is 0 Å². The maximum atomic E-state index is 13.6. The maximum absolute atomic E-state index is 13.6. The van der Waals surface area contributed by atoms with Gasteiger partial charge in [-0.05, 0) is 49.9 Å². The van der Waals surface area contributed by atoms with Gasteiger partial charge in [0.1, 0.15) is 12.4 Å². The van der Waals surface area contributed by atoms with E-state index in [1.54, 1.807) is 6.07 Å². The van der Waals surface area contributed by atoms with Gasteiger partial charge in [0.25, 0.3) is 0 Å². The van der Waals surface area contributed by atoms with Crippen LogP contribution >= 0.6 is 0 Å². The molecular formula is C17H22FNO. The van der Waals surface area contributed by atoms with Gasteiger partial charge in [0, 0.05) is 12.6 Å². The first-order chi connectivity index (χ1) is 9.60. The molecule has 0 spiro atoms. The number of benzene rings is 1. The van der Waals surface area contributed by atoms with Crippen LogP contribution in [0, 0.1) is 23.6 Å². The molecule has 1 aliphatic rings. The molecule has 0 aromatic heterocycles. The van der Waals surface area contributed by atoms with E-state index >= 15 is 0 Å². The third-order valence-corrected chi connectivity index (χ3v) is 3.99. The van der Waals surface area contributed by atoms with Crippen LogP contribution in [0.2, 0.25) is 0 Å². The molecule has 1 N–H and O–H groups in total. The second-order valence-corrected chi connectivity index (χ2v) is 5.72. The van der Waals surface area contributed by atoms with Crippen molar-refractivity contribution in [2.24, 2.45) is 5.92 Å². The largest absolute Gasteiger partial charge is 0.384 e. The van der Waals surface area contributed by atoms with Crippen LogP contribution in [-0.4, -0.2) is 29.2 Å². The van der Waals surface area contributed by atoms with Crippen LogP contribution < -0.4 is 0 Å². The molecule has 1 aromatic carbocycles. The summed E-state index contributed by atoms with van der Waals surface area (Å²) in [5, 5.41) is 8.70. The molecule has 0 aliphatic carbocycles. The lowest BCUT2D eigenvalue weighted by Crippen LogP contribution is -2.39. The highest BCUT2D eigenvalue weighted by atomic mass is 19.1. The van der Waals surface area contributed by atoms with Crippen molar-refractivity contribution < 1.29 is 9.50 Å². The van der Waals surface area contributed by atoms with Gasteiger partial charge in [-0.2, -0.15) is 0 Å². The molecule has 0 radical (unpaired) electrons. The molecule has 2 unspecified atom stereocenters. The number of aliphatic hydroxyl groups excluding tert-OH is 1. The highest BCUT2D eigenvalue weighted by Gasteiger charge is 2.22. The monoisotopic (exact) mass is 275 g/mol. The fourth-order valence-corrected chi connectivity index (χ4v) is 2.83. The van der Waals surface area contributed by atoms with E-state index in [2.05, 4.69) is 30.6 Å². The van der Waals surface area contributed by atoms with E-state index in [9.17, 15) is 4.39 Å². The maximum Gasteiger partial charge on any atom is 0.138 e. The third-order valence-electron chi connectivity index (χ3n) is 3.99. The number of hydrogen-bond donors (Lipinski definition) is 1. The Morgan fingerprint density at radius 2 is 2.20 bits per heavy atom. The van der Waals surface area contributed by atoms with Crippen molar-refractivity contribution in [1.82, 2.24) is 4.90 Å². The molecule has 1 aromatic rings. The van der Waals surface area contributed by atoms with E-state index in [1.165, 1.54) is 18.9 Å². The average molecular weight is 275 g/mol. The predicted molar refractivity (Wildman–Crippen MR) is 78.6 cm³/mol. The van der Waals surface area contributed by atoms with Crippen LogP contribution in [0.15, 0.2) is 18.2 Å². The molecule has 2 rings (SSSR count). The van der Waals surface area contributed by atoms with E-state index in [0.29, 0.717) is 11.6 Å². The summed E-state index contributed by atoms with van der Waals surface area (Å²) in [7, 11) is 0. The third kappa shape index (κ3) is 3.82. The number of likely N-dealkylation sites (tertiary alicyclic amines) is 1. The predicted octanol–water partition coefficient (Wildman–Crippen LogP) is 2.79. The van der Waals surface area contributed by atoms with Crippen LogP contribution in [0.5, 0.6) is 0 Å². The van der Waals surface area contributed by atoms with Gasteiger partial charge in [-0.25, -0.2) is 4.39 Å². The summed E-state index contributed by atoms with van der Waals surface area (Å²) in [5.74, 6) is 5.64. The molecule has 1 heterocycles. The molecule has 1 fully saturated rings. The van der Waals surface area contributed by atoms with Crippen LogP contribution in [0.1, 0.15) is 37.8 Å². The fraction of sp³-hybridized carbons (Fsp3) is 0.529. The second kappa shape index (κ2) is 6.88. The van der Waals surface area contributed by atoms with Crippen LogP contribution in [0.4, 0.5) is 4.39 Å². The molecule has 2 atom stereocenters. The van der Waals surface area contributed by atoms with Crippen molar-refractivity contribution in [2.75, 3.05) is 13.2 Å². The molecular weight excluding hydrogens is 253 g/mol. The van der Waals surface area contributed by atoms with Crippen molar-refractivity contribution in [3.63, 3.8) is 0 Å². The molecule has 108 valence electrons. The molecule has 1 aliphatic heterocycles. The van der Waals surface area contributed by atoms with Crippen LogP contribution in [0.25, 0.3) is 0 Å². The summed E-state index contributed by atoms with van der Waals surface area (Å²) in [6, 6.07) is 5.65. The van der Waals surface area contributed by atoms with E-state index < -0.39 is 0 Å². The number of nitrogens with zero attached hydrogens (tertiary/aromatic N) is 1. The molecule has 0 bridgehead atoms. The minimum Gasteiger partial charge on any atom is -0.384 e. The van der Waals surface area contributed by atoms with Gasteiger partial charge in [0.15, 0.2) is 0 Å². The SMILES string of the molecule is CC1CCN(Cc2ccc(F)c(C#CCO)c2)C(C)C1. The molecule has 2 nitrogen and oxygen atoms in total. The quantitative estimate of drug-likeness (QED) is 0.839. The zero-order valence-electron chi connectivity index (χ0n) is 12.2. The van der Waals surface area contributed by atoms with E-state index in [4.69, 9.17) is 5.11 Å². The van der Waals surface area contributed by atoms with Crippen molar-refractivity contribution in [3.05, 3.63) is 35.1 Å². The number of halogens is 1. The first kappa shape index (κ1) is 15.0. The minimum absolute atomic E-state index is 0.245. The van der Waals surface area contributed by atoms with Gasteiger partial charge in [0.05, 0.1) is 5.56 Å². The van der Waals surface area contributed by atoms with Crippen molar-refractivity contribution in [3.8, 4) is 11.8 Å². The standard InChI is InChI=1S/C17H22FNO/c1-13-7-8-19(14(2)10-13)12-15-5-6-17(18)16(11-15)4-3-9-20/h5-6,11,13-14,20H,7-10,12H2,1-2H3. The zero-order valence-corrected chi connectivity index (χ0v) is 12.2. The van der Waals surface area contributed by atoms with Gasteiger partial charge < -0.3 is 5.11 Å². The topological polar surface area (TPSA) is 23.5 Å². The van der Waals surface area contributed by atoms with Crippen LogP contribution in [0.3, 0.4) is 0 Å². The normalized spacial score (nSPS) is 23.2. The molecule has 20 heavy (non-hydrogen) atoms. The van der Waals surface area contributed by atoms with Gasteiger partial charge in [-0.15, -0.1) is 0 Å². The van der Waals surface area contributed by atoms with Crippen LogP contribution in [-0.2, 0) is 6.54 Å². The van der Waals surface area contributed by atoms with E-state index in [-0.39, 0.29) is 12.4 Å². The number of rotatable bonds is 2. The minimum atomic E-state index is -0.324. The zero-order chi connectivity index (χ0) is 14.5. The second-order valence-electron chi connectivity index (χ2n) is 5.72. The molecule has 0 amide bonds. The summed E-state index contributed by atoms with van der Waals surface area (Å²) >= 11 is 0. The number of aliphatic hydroxyl groups is 1. The Kier molecular flexibility index (Phi) is 5.17. The summed E-state index contributed by atoms with van der Waals surface area (Å²) in [6.45, 7) is 6.24. The summed E-state index contributed by atoms with van der Waals surface area (Å²) in [6.07, 6.45) is 2.45. The van der Waals surface area contributed by atoms with Gasteiger partial charge in [-0.1, -0.05) is 24.8 Å². The van der Waals surface area contributed by atoms with Crippen molar-refractivity contribution in [2.45, 2.75) is 39.3 Å². The first-order valence-electron chi connectivity index (χ1n) is 7.22. The fourth-order valence-electron chi connectivity index (χ4n) is 2.83. The first-order valence-corrected chi connectivity index (χ1v) is 7.22. The van der Waals surface area contributed by atoms with Gasteiger partial charge >= 0.3 is 0 Å². The lowest BCUT2D eigenvalue weighted by atomic mass is 9.93. The Bertz CT molecular complexity index is 517. The van der Waals surface area contributed by atoms with Crippen molar-refractivity contribution in [1.29, 1.82) is 0 Å². The highest BCUT2D eigenvalue weighted by Crippen LogP contribution is 2.24. The Morgan fingerprint density at radius 3 is 2.90 bits per heavy atom. The number of piperidine rings is 1. The van der Waals surface area contributed by atoms with Gasteiger partial charge in [-0.3, -0.25) is 4.90 Å². The summed E-state index contributed by atoms with van der Waals surface area (Å²) in [5.41, 5.74) is 1.45. The Labute approximate surface area is 120 Å². The number of hydrogen-bond acceptors (Lipinski definition) is 2. The highest BCUT2D eigenvalue weighted by molar-refractivity contribution is 5.38. The Hall–Kier alpha value is -1.37. The summed E-state index contributed by atoms with van der Waals surface area (Å²) in [4.78, 5) is 2.44. The molecule has 1 saturated heterocycles. The lowest BCUT2D eigenvalue weighted by molar-refractivity contribution is 0.122. The Balaban J connectivity index is 2.09. The molecule has 0 saturated carbocycles. The summed E-state index contributed by atoms with van der Waals surface area (Å²) < 4.78 is 13.6.